The Hall–Kier alpha value is -1.90. The predicted octanol–water partition coefficient (Wildman–Crippen LogP) is 3.49. The molecule has 0 saturated carbocycles. The molecule has 0 spiro atoms. The van der Waals surface area contributed by atoms with Crippen LogP contribution in [0.15, 0.2) is 42.5 Å². The van der Waals surface area contributed by atoms with E-state index in [1.807, 2.05) is 30.3 Å². The monoisotopic (exact) mass is 330 g/mol. The lowest BCUT2D eigenvalue weighted by Crippen LogP contribution is -2.28. The van der Waals surface area contributed by atoms with Crippen LogP contribution in [0.2, 0.25) is 0 Å². The van der Waals surface area contributed by atoms with E-state index in [0.29, 0.717) is 5.75 Å². The van der Waals surface area contributed by atoms with Crippen molar-refractivity contribution >= 4 is 28.8 Å². The number of hydrogen-bond acceptors (Lipinski definition) is 6. The van der Waals surface area contributed by atoms with Crippen LogP contribution in [0.5, 0.6) is 5.75 Å². The maximum absolute atomic E-state index is 12.9. The van der Waals surface area contributed by atoms with E-state index >= 15 is 0 Å². The van der Waals surface area contributed by atoms with E-state index in [1.165, 1.54) is 0 Å². The molecular formula is C14H12F2O5S. The number of fused-ring (bicyclic) bond motifs is 1. The molecule has 2 aromatic rings. The van der Waals surface area contributed by atoms with E-state index in [4.69, 9.17) is 9.99 Å². The summed E-state index contributed by atoms with van der Waals surface area (Å²) in [7, 11) is 0. The lowest BCUT2D eigenvalue weighted by molar-refractivity contribution is -0.165. The number of alkyl halides is 2. The lowest BCUT2D eigenvalue weighted by Gasteiger charge is -2.12. The molecule has 0 aliphatic rings. The second-order valence-electron chi connectivity index (χ2n) is 4.17. The number of halogens is 2. The zero-order chi connectivity index (χ0) is 16.0. The fourth-order valence-corrected chi connectivity index (χ4v) is 1.94. The van der Waals surface area contributed by atoms with Crippen molar-refractivity contribution in [2.24, 2.45) is 0 Å². The fraction of sp³-hybridized carbons (Fsp3) is 0.214. The minimum absolute atomic E-state index is 0.0786. The van der Waals surface area contributed by atoms with Crippen molar-refractivity contribution in [1.29, 1.82) is 0 Å². The van der Waals surface area contributed by atoms with Crippen molar-refractivity contribution in [1.82, 2.24) is 0 Å². The van der Waals surface area contributed by atoms with Crippen LogP contribution in [0.25, 0.3) is 10.8 Å². The van der Waals surface area contributed by atoms with Gasteiger partial charge < -0.3 is 9.47 Å². The zero-order valence-corrected chi connectivity index (χ0v) is 12.0. The second-order valence-corrected chi connectivity index (χ2v) is 5.00. The van der Waals surface area contributed by atoms with Gasteiger partial charge in [-0.05, 0) is 22.9 Å². The smallest absolute Gasteiger partial charge is 0.415 e. The number of rotatable bonds is 7. The van der Waals surface area contributed by atoms with Gasteiger partial charge in [-0.15, -0.1) is 0 Å². The molecule has 8 heteroatoms. The third kappa shape index (κ3) is 4.30. The summed E-state index contributed by atoms with van der Waals surface area (Å²) in [6.45, 7) is -0.432. The van der Waals surface area contributed by atoms with Crippen LogP contribution < -0.4 is 4.74 Å². The molecule has 0 unspecified atom stereocenters. The van der Waals surface area contributed by atoms with Crippen molar-refractivity contribution in [2.45, 2.75) is 5.25 Å². The molecule has 22 heavy (non-hydrogen) atoms. The molecule has 118 valence electrons. The fourth-order valence-electron chi connectivity index (χ4n) is 1.72. The first-order chi connectivity index (χ1) is 10.5. The van der Waals surface area contributed by atoms with E-state index in [0.717, 1.165) is 10.8 Å². The summed E-state index contributed by atoms with van der Waals surface area (Å²) >= 11 is -0.696. The Labute approximate surface area is 128 Å². The maximum atomic E-state index is 12.9. The molecule has 2 aromatic carbocycles. The normalized spacial score (nSPS) is 11.4. The van der Waals surface area contributed by atoms with Gasteiger partial charge >= 0.3 is 11.2 Å². The van der Waals surface area contributed by atoms with Crippen LogP contribution in [0.3, 0.4) is 0 Å². The van der Waals surface area contributed by atoms with Crippen LogP contribution >= 0.6 is 12.0 Å². The highest BCUT2D eigenvalue weighted by molar-refractivity contribution is 7.96. The molecule has 0 bridgehead atoms. The van der Waals surface area contributed by atoms with Gasteiger partial charge in [-0.1, -0.05) is 30.3 Å². The van der Waals surface area contributed by atoms with Crippen molar-refractivity contribution in [3.05, 3.63) is 42.5 Å². The summed E-state index contributed by atoms with van der Waals surface area (Å²) < 4.78 is 38.7. The van der Waals surface area contributed by atoms with Gasteiger partial charge in [-0.2, -0.15) is 13.1 Å². The summed E-state index contributed by atoms with van der Waals surface area (Å²) in [6.07, 6.45) is 0. The van der Waals surface area contributed by atoms with E-state index in [9.17, 15) is 13.6 Å². The molecule has 0 aromatic heterocycles. The summed E-state index contributed by atoms with van der Waals surface area (Å²) in [5.74, 6) is -1.27. The van der Waals surface area contributed by atoms with Crippen LogP contribution in [0, 0.1) is 0 Å². The Bertz CT molecular complexity index is 650. The van der Waals surface area contributed by atoms with Crippen molar-refractivity contribution in [3.8, 4) is 5.75 Å². The highest BCUT2D eigenvalue weighted by atomic mass is 32.2. The first kappa shape index (κ1) is 16.5. The summed E-state index contributed by atoms with van der Waals surface area (Å²) in [6, 6.07) is 13.0. The van der Waals surface area contributed by atoms with Crippen molar-refractivity contribution in [3.63, 3.8) is 0 Å². The van der Waals surface area contributed by atoms with Crippen LogP contribution in [-0.2, 0) is 13.9 Å². The highest BCUT2D eigenvalue weighted by Crippen LogP contribution is 2.30. The Kier molecular flexibility index (Phi) is 5.53. The van der Waals surface area contributed by atoms with Gasteiger partial charge in [-0.25, -0.2) is 10.1 Å². The topological polar surface area (TPSA) is 65.0 Å². The number of carbonyl (C=O) groups excluding carboxylic acids is 1. The molecule has 2 rings (SSSR count). The number of benzene rings is 2. The maximum Gasteiger partial charge on any atom is 0.415 e. The van der Waals surface area contributed by atoms with Crippen molar-refractivity contribution < 1.29 is 32.6 Å². The minimum atomic E-state index is -3.97. The van der Waals surface area contributed by atoms with Gasteiger partial charge in [0, 0.05) is 0 Å². The lowest BCUT2D eigenvalue weighted by atomic mass is 10.1. The summed E-state index contributed by atoms with van der Waals surface area (Å²) in [5, 5.41) is 5.95. The zero-order valence-electron chi connectivity index (χ0n) is 11.2. The quantitative estimate of drug-likeness (QED) is 0.276. The standard InChI is InChI=1S/C14H12F2O5S/c15-14(16,22-21-18)13(17)20-8-7-19-12-6-5-10-3-1-2-4-11(10)9-12/h1-6,9,18H,7-8H2. The minimum Gasteiger partial charge on any atom is -0.490 e. The second kappa shape index (κ2) is 7.39. The first-order valence-electron chi connectivity index (χ1n) is 6.19. The predicted molar refractivity (Wildman–Crippen MR) is 76.7 cm³/mol. The average Bonchev–Trinajstić information content (AvgIpc) is 2.51. The number of ether oxygens (including phenoxy) is 2. The SMILES string of the molecule is O=C(OCCOc1ccc2ccccc2c1)C(F)(F)SOO. The number of carbonyl (C=O) groups is 1. The molecule has 0 aliphatic heterocycles. The van der Waals surface area contributed by atoms with Crippen LogP contribution in [0.4, 0.5) is 8.78 Å². The van der Waals surface area contributed by atoms with Gasteiger partial charge in [0.05, 0.1) is 0 Å². The Balaban J connectivity index is 1.81. The Morgan fingerprint density at radius 2 is 1.86 bits per heavy atom. The number of esters is 1. The summed E-state index contributed by atoms with van der Waals surface area (Å²) in [4.78, 5) is 11.0. The summed E-state index contributed by atoms with van der Waals surface area (Å²) in [5.41, 5.74) is 0. The molecule has 0 heterocycles. The van der Waals surface area contributed by atoms with E-state index < -0.39 is 23.3 Å². The van der Waals surface area contributed by atoms with Gasteiger partial charge in [0.25, 0.3) is 0 Å². The van der Waals surface area contributed by atoms with Gasteiger partial charge in [-0.3, -0.25) is 0 Å². The molecule has 0 saturated heterocycles. The molecule has 0 radical (unpaired) electrons. The Morgan fingerprint density at radius 3 is 2.59 bits per heavy atom. The van der Waals surface area contributed by atoms with Crippen molar-refractivity contribution in [2.75, 3.05) is 13.2 Å². The average molecular weight is 330 g/mol. The number of hydrogen-bond donors (Lipinski definition) is 1. The van der Waals surface area contributed by atoms with E-state index in [-0.39, 0.29) is 13.2 Å². The molecule has 0 amide bonds. The van der Waals surface area contributed by atoms with Gasteiger partial charge in [0.2, 0.25) is 0 Å². The molecule has 1 N–H and O–H groups in total. The van der Waals surface area contributed by atoms with E-state index in [1.54, 1.807) is 12.1 Å². The van der Waals surface area contributed by atoms with E-state index in [2.05, 4.69) is 9.07 Å². The Morgan fingerprint density at radius 1 is 1.14 bits per heavy atom. The van der Waals surface area contributed by atoms with Crippen LogP contribution in [-0.4, -0.2) is 29.7 Å². The first-order valence-corrected chi connectivity index (χ1v) is 6.93. The largest absolute Gasteiger partial charge is 0.490 e. The van der Waals surface area contributed by atoms with Gasteiger partial charge in [0.15, 0.2) is 0 Å². The van der Waals surface area contributed by atoms with Gasteiger partial charge in [0.1, 0.15) is 31.0 Å². The molecule has 0 fully saturated rings. The molecular weight excluding hydrogens is 318 g/mol. The third-order valence-electron chi connectivity index (χ3n) is 2.69. The molecule has 0 aliphatic carbocycles. The highest BCUT2D eigenvalue weighted by Gasteiger charge is 2.43. The molecule has 0 atom stereocenters. The third-order valence-corrected chi connectivity index (χ3v) is 3.14. The molecule has 5 nitrogen and oxygen atoms in total. The van der Waals surface area contributed by atoms with Crippen LogP contribution in [0.1, 0.15) is 0 Å².